The molecule has 0 aliphatic carbocycles. The number of amides is 4. The second-order valence-electron chi connectivity index (χ2n) is 9.35. The van der Waals surface area contributed by atoms with Crippen molar-refractivity contribution in [3.63, 3.8) is 0 Å². The molecular formula is C22H31N7O6. The van der Waals surface area contributed by atoms with Gasteiger partial charge in [-0.05, 0) is 32.6 Å². The van der Waals surface area contributed by atoms with Crippen molar-refractivity contribution in [3.05, 3.63) is 12.2 Å². The number of carbonyl (C=O) groups is 5. The van der Waals surface area contributed by atoms with Crippen molar-refractivity contribution in [2.45, 2.75) is 57.2 Å². The van der Waals surface area contributed by atoms with Gasteiger partial charge >= 0.3 is 5.97 Å². The van der Waals surface area contributed by atoms with E-state index in [4.69, 9.17) is 4.74 Å². The summed E-state index contributed by atoms with van der Waals surface area (Å²) in [7, 11) is 1.61. The van der Waals surface area contributed by atoms with Gasteiger partial charge in [0.15, 0.2) is 0 Å². The largest absolute Gasteiger partial charge is 0.460 e. The summed E-state index contributed by atoms with van der Waals surface area (Å²) in [6.07, 6.45) is 3.35. The number of aromatic nitrogens is 3. The molecule has 3 aliphatic rings. The number of rotatable bonds is 7. The minimum absolute atomic E-state index is 0.151. The number of nitrogens with zero attached hydrogens (tertiary/aromatic N) is 6. The van der Waals surface area contributed by atoms with Gasteiger partial charge in [0, 0.05) is 33.6 Å². The van der Waals surface area contributed by atoms with Crippen molar-refractivity contribution < 1.29 is 28.7 Å². The van der Waals surface area contributed by atoms with Crippen LogP contribution in [0.3, 0.4) is 0 Å². The van der Waals surface area contributed by atoms with Crippen molar-refractivity contribution in [3.8, 4) is 0 Å². The fourth-order valence-corrected chi connectivity index (χ4v) is 5.19. The first-order valence-electron chi connectivity index (χ1n) is 11.8. The number of ether oxygens (including phenoxy) is 1. The summed E-state index contributed by atoms with van der Waals surface area (Å²) in [6.45, 7) is 4.34. The van der Waals surface area contributed by atoms with Crippen molar-refractivity contribution >= 4 is 29.6 Å². The van der Waals surface area contributed by atoms with E-state index in [1.165, 1.54) is 27.7 Å². The van der Waals surface area contributed by atoms with Crippen molar-refractivity contribution in [2.75, 3.05) is 32.7 Å². The molecule has 1 aromatic rings. The molecule has 190 valence electrons. The highest BCUT2D eigenvalue weighted by Crippen LogP contribution is 2.39. The lowest BCUT2D eigenvalue weighted by molar-refractivity contribution is -0.161. The van der Waals surface area contributed by atoms with E-state index in [1.54, 1.807) is 18.9 Å². The van der Waals surface area contributed by atoms with Gasteiger partial charge in [-0.3, -0.25) is 24.0 Å². The minimum Gasteiger partial charge on any atom is -0.460 e. The molecule has 1 unspecified atom stereocenters. The Morgan fingerprint density at radius 2 is 1.89 bits per heavy atom. The van der Waals surface area contributed by atoms with Crippen LogP contribution in [0.2, 0.25) is 0 Å². The van der Waals surface area contributed by atoms with Gasteiger partial charge in [0.1, 0.15) is 24.0 Å². The molecule has 3 fully saturated rings. The van der Waals surface area contributed by atoms with E-state index in [0.29, 0.717) is 32.5 Å². The maximum absolute atomic E-state index is 13.2. The average Bonchev–Trinajstić information content (AvgIpc) is 3.57. The number of hydrogen-bond donors (Lipinski definition) is 1. The standard InChI is InChI=1S/C22H31N7O6/c1-14(35-15(2)30)17(19(32)27-8-4-5-9-27)25-16(31)11-28-12-22(21(28)34)7-6-10-29(22)20(33)18-23-13-24-26(18)3/h13-14,17H,4-12H2,1-3H3,(H,25,31)/t14-,17+,22?/m1/s1. The fourth-order valence-electron chi connectivity index (χ4n) is 5.19. The molecule has 0 bridgehead atoms. The molecule has 4 amide bonds. The van der Waals surface area contributed by atoms with Gasteiger partial charge in [0.2, 0.25) is 17.6 Å². The Morgan fingerprint density at radius 1 is 1.17 bits per heavy atom. The summed E-state index contributed by atoms with van der Waals surface area (Å²) in [5.41, 5.74) is -0.987. The van der Waals surface area contributed by atoms with Crippen molar-refractivity contribution in [1.29, 1.82) is 0 Å². The van der Waals surface area contributed by atoms with Crippen LogP contribution in [0.25, 0.3) is 0 Å². The Kier molecular flexibility index (Phi) is 6.77. The zero-order chi connectivity index (χ0) is 25.3. The Morgan fingerprint density at radius 3 is 2.49 bits per heavy atom. The van der Waals surface area contributed by atoms with Crippen LogP contribution in [-0.4, -0.2) is 109 Å². The van der Waals surface area contributed by atoms with Crippen LogP contribution in [0.1, 0.15) is 50.1 Å². The lowest BCUT2D eigenvalue weighted by Gasteiger charge is -2.50. The maximum Gasteiger partial charge on any atom is 0.302 e. The van der Waals surface area contributed by atoms with Crippen LogP contribution in [0.5, 0.6) is 0 Å². The van der Waals surface area contributed by atoms with Crippen LogP contribution in [0.15, 0.2) is 6.33 Å². The second-order valence-corrected chi connectivity index (χ2v) is 9.35. The number of esters is 1. The van der Waals surface area contributed by atoms with Crippen LogP contribution >= 0.6 is 0 Å². The molecular weight excluding hydrogens is 458 g/mol. The SMILES string of the molecule is CC(=O)O[C@H](C)[C@H](NC(=O)CN1CC2(CCCN2C(=O)c2ncnn2C)C1=O)C(=O)N1CCCC1. The number of β-lactam (4-membered cyclic amide) rings is 1. The van der Waals surface area contributed by atoms with Gasteiger partial charge in [0.05, 0.1) is 13.1 Å². The Bertz CT molecular complexity index is 1040. The predicted octanol–water partition coefficient (Wildman–Crippen LogP) is -1.31. The first-order chi connectivity index (χ1) is 16.6. The molecule has 0 aromatic carbocycles. The molecule has 4 rings (SSSR count). The second kappa shape index (κ2) is 9.62. The summed E-state index contributed by atoms with van der Waals surface area (Å²) < 4.78 is 6.55. The molecule has 4 heterocycles. The van der Waals surface area contributed by atoms with Crippen LogP contribution < -0.4 is 5.32 Å². The first-order valence-corrected chi connectivity index (χ1v) is 11.8. The number of hydrogen-bond acceptors (Lipinski definition) is 8. The Labute approximate surface area is 202 Å². The van der Waals surface area contributed by atoms with Crippen molar-refractivity contribution in [1.82, 2.24) is 34.8 Å². The number of aryl methyl sites for hydroxylation is 1. The Hall–Kier alpha value is -3.51. The maximum atomic E-state index is 13.2. The highest BCUT2D eigenvalue weighted by molar-refractivity contribution is 6.02. The van der Waals surface area contributed by atoms with E-state index in [1.807, 2.05) is 0 Å². The van der Waals surface area contributed by atoms with Gasteiger partial charge in [-0.15, -0.1) is 0 Å². The molecule has 3 atom stereocenters. The van der Waals surface area contributed by atoms with E-state index >= 15 is 0 Å². The molecule has 3 saturated heterocycles. The van der Waals surface area contributed by atoms with Crippen LogP contribution in [0, 0.1) is 0 Å². The van der Waals surface area contributed by atoms with Crippen molar-refractivity contribution in [2.24, 2.45) is 7.05 Å². The van der Waals surface area contributed by atoms with E-state index in [0.717, 1.165) is 12.8 Å². The van der Waals surface area contributed by atoms with Gasteiger partial charge in [0.25, 0.3) is 11.8 Å². The minimum atomic E-state index is -1.05. The van der Waals surface area contributed by atoms with Gasteiger partial charge in [-0.1, -0.05) is 0 Å². The molecule has 1 aromatic heterocycles. The number of carbonyl (C=O) groups excluding carboxylic acids is 5. The fraction of sp³-hybridized carbons (Fsp3) is 0.682. The van der Waals surface area contributed by atoms with Crippen LogP contribution in [-0.2, 0) is 31.0 Å². The van der Waals surface area contributed by atoms with E-state index in [2.05, 4.69) is 15.4 Å². The highest BCUT2D eigenvalue weighted by Gasteiger charge is 2.60. The smallest absolute Gasteiger partial charge is 0.302 e. The predicted molar refractivity (Wildman–Crippen MR) is 120 cm³/mol. The molecule has 13 nitrogen and oxygen atoms in total. The molecule has 13 heteroatoms. The quantitative estimate of drug-likeness (QED) is 0.367. The summed E-state index contributed by atoms with van der Waals surface area (Å²) in [6, 6.07) is -1.05. The van der Waals surface area contributed by atoms with E-state index in [9.17, 15) is 24.0 Å². The highest BCUT2D eigenvalue weighted by atomic mass is 16.5. The van der Waals surface area contributed by atoms with Gasteiger partial charge in [-0.25, -0.2) is 9.67 Å². The molecule has 0 radical (unpaired) electrons. The number of nitrogens with one attached hydrogen (secondary N) is 1. The normalized spacial score (nSPS) is 23.3. The summed E-state index contributed by atoms with van der Waals surface area (Å²) in [4.78, 5) is 72.0. The molecule has 35 heavy (non-hydrogen) atoms. The number of likely N-dealkylation sites (tertiary alicyclic amines) is 3. The Balaban J connectivity index is 1.40. The third kappa shape index (κ3) is 4.58. The summed E-state index contributed by atoms with van der Waals surface area (Å²) >= 11 is 0. The average molecular weight is 490 g/mol. The topological polar surface area (TPSA) is 147 Å². The summed E-state index contributed by atoms with van der Waals surface area (Å²) in [5, 5.41) is 6.58. The first kappa shape index (κ1) is 24.6. The van der Waals surface area contributed by atoms with Gasteiger partial charge < -0.3 is 24.8 Å². The lowest BCUT2D eigenvalue weighted by Crippen LogP contribution is -2.74. The molecule has 3 aliphatic heterocycles. The molecule has 1 N–H and O–H groups in total. The third-order valence-corrected chi connectivity index (χ3v) is 6.93. The molecule has 1 spiro atoms. The van der Waals surface area contributed by atoms with E-state index < -0.39 is 29.6 Å². The lowest BCUT2D eigenvalue weighted by atomic mass is 9.85. The third-order valence-electron chi connectivity index (χ3n) is 6.93. The van der Waals surface area contributed by atoms with Gasteiger partial charge in [-0.2, -0.15) is 5.10 Å². The van der Waals surface area contributed by atoms with Crippen LogP contribution in [0.4, 0.5) is 0 Å². The molecule has 0 saturated carbocycles. The zero-order valence-corrected chi connectivity index (χ0v) is 20.2. The zero-order valence-electron chi connectivity index (χ0n) is 20.2. The van der Waals surface area contributed by atoms with E-state index in [-0.39, 0.29) is 36.6 Å². The summed E-state index contributed by atoms with van der Waals surface area (Å²) in [5.74, 6) is -1.93. The monoisotopic (exact) mass is 489 g/mol.